The highest BCUT2D eigenvalue weighted by Gasteiger charge is 2.54. The van der Waals surface area contributed by atoms with Gasteiger partial charge in [-0.25, -0.2) is 9.78 Å². The number of aromatic nitrogens is 1. The van der Waals surface area contributed by atoms with E-state index in [1.165, 1.54) is 29.8 Å². The number of hydrogen-bond donors (Lipinski definition) is 3. The Morgan fingerprint density at radius 2 is 2.06 bits per heavy atom. The number of fused-ring (bicyclic) bond motifs is 1. The molecule has 0 bridgehead atoms. The third-order valence-corrected chi connectivity index (χ3v) is 8.64. The fourth-order valence-corrected chi connectivity index (χ4v) is 7.24. The lowest BCUT2D eigenvalue weighted by Crippen LogP contribution is -2.70. The maximum atomic E-state index is 12.7. The molecule has 31 heavy (non-hydrogen) atoms. The fourth-order valence-electron chi connectivity index (χ4n) is 3.16. The van der Waals surface area contributed by atoms with E-state index in [9.17, 15) is 29.1 Å². The first-order valence-corrected chi connectivity index (χ1v) is 12.3. The van der Waals surface area contributed by atoms with Crippen LogP contribution in [0.5, 0.6) is 0 Å². The van der Waals surface area contributed by atoms with Crippen molar-refractivity contribution in [2.24, 2.45) is 0 Å². The molecule has 2 aromatic heterocycles. The molecule has 1 fully saturated rings. The maximum absolute atomic E-state index is 12.7. The Morgan fingerprint density at radius 1 is 1.29 bits per heavy atom. The van der Waals surface area contributed by atoms with Gasteiger partial charge >= 0.3 is 5.97 Å². The molecule has 0 spiro atoms. The van der Waals surface area contributed by atoms with Crippen molar-refractivity contribution in [2.75, 3.05) is 11.1 Å². The number of β-lactam (4-membered cyclic amide) rings is 1. The van der Waals surface area contributed by atoms with E-state index in [-0.39, 0.29) is 22.1 Å². The van der Waals surface area contributed by atoms with Crippen LogP contribution in [0.4, 0.5) is 5.13 Å². The topological polar surface area (TPSA) is 146 Å². The van der Waals surface area contributed by atoms with Crippen molar-refractivity contribution in [1.29, 1.82) is 0 Å². The number of thioether (sulfide) groups is 1. The molecule has 14 heteroatoms. The van der Waals surface area contributed by atoms with Gasteiger partial charge in [0.05, 0.1) is 11.3 Å². The molecule has 3 N–H and O–H groups in total. The van der Waals surface area contributed by atoms with Gasteiger partial charge < -0.3 is 15.7 Å². The normalized spacial score (nSPS) is 20.2. The molecule has 162 valence electrons. The van der Waals surface area contributed by atoms with Gasteiger partial charge in [-0.15, -0.1) is 11.8 Å². The first-order chi connectivity index (χ1) is 14.7. The fraction of sp³-hybridized carbons (Fsp3) is 0.294. The molecule has 0 aromatic carbocycles. The highest BCUT2D eigenvalue weighted by atomic mass is 32.2. The average Bonchev–Trinajstić information content (AvgIpc) is 3.33. The second-order valence-corrected chi connectivity index (χ2v) is 10.9. The van der Waals surface area contributed by atoms with Crippen molar-refractivity contribution in [2.45, 2.75) is 24.8 Å². The summed E-state index contributed by atoms with van der Waals surface area (Å²) in [5, 5.41) is 16.4. The monoisotopic (exact) mass is 498 g/mol. The third-order valence-electron chi connectivity index (χ3n) is 4.41. The van der Waals surface area contributed by atoms with E-state index < -0.39 is 29.2 Å². The summed E-state index contributed by atoms with van der Waals surface area (Å²) in [5.41, 5.74) is 0.289. The van der Waals surface area contributed by atoms with Gasteiger partial charge in [-0.05, 0) is 0 Å². The summed E-state index contributed by atoms with van der Waals surface area (Å²) in [5.74, 6) is -2.16. The van der Waals surface area contributed by atoms with Gasteiger partial charge in [0.1, 0.15) is 17.1 Å². The minimum absolute atomic E-state index is 0.00968. The summed E-state index contributed by atoms with van der Waals surface area (Å²) < 4.78 is -0.106. The molecule has 3 amide bonds. The van der Waals surface area contributed by atoms with E-state index in [4.69, 9.17) is 0 Å². The van der Waals surface area contributed by atoms with Crippen LogP contribution in [0.15, 0.2) is 22.1 Å². The molecule has 2 atom stereocenters. The van der Waals surface area contributed by atoms with E-state index in [0.717, 1.165) is 34.0 Å². The standard InChI is InChI=1S/C17H14N4O6S4/c1-6(22)19-16-18-3-9(31-16)8-5-28-14-11(13(24)21(14)12(8)15(25)26)20-10(23)2-7-4-29-17(27)30-7/h3-4,11,14H,2,5H2,1H3,(H,20,23)(H,25,26)(H,18,19,22). The van der Waals surface area contributed by atoms with E-state index in [0.29, 0.717) is 26.2 Å². The molecule has 2 aliphatic heterocycles. The summed E-state index contributed by atoms with van der Waals surface area (Å²) in [4.78, 5) is 65.8. The molecular formula is C17H14N4O6S4. The first-order valence-electron chi connectivity index (χ1n) is 8.76. The zero-order valence-corrected chi connectivity index (χ0v) is 19.0. The summed E-state index contributed by atoms with van der Waals surface area (Å²) in [6.45, 7) is 1.34. The number of aliphatic carboxylic acids is 1. The predicted molar refractivity (Wildman–Crippen MR) is 118 cm³/mol. The summed E-state index contributed by atoms with van der Waals surface area (Å²) in [6, 6.07) is -0.833. The Kier molecular flexibility index (Phi) is 5.96. The zero-order chi connectivity index (χ0) is 22.3. The lowest BCUT2D eigenvalue weighted by molar-refractivity contribution is -0.150. The van der Waals surface area contributed by atoms with Crippen LogP contribution >= 0.6 is 45.8 Å². The number of hydrogen-bond acceptors (Lipinski definition) is 10. The van der Waals surface area contributed by atoms with Crippen LogP contribution in [0, 0.1) is 0 Å². The Hall–Kier alpha value is -2.55. The summed E-state index contributed by atoms with van der Waals surface area (Å²) in [6.07, 6.45) is 1.45. The van der Waals surface area contributed by atoms with Crippen LogP contribution < -0.4 is 14.7 Å². The smallest absolute Gasteiger partial charge is 0.353 e. The van der Waals surface area contributed by atoms with Crippen molar-refractivity contribution in [3.05, 3.63) is 35.9 Å². The second kappa shape index (κ2) is 8.53. The Labute approximate surface area is 191 Å². The van der Waals surface area contributed by atoms with Gasteiger partial charge in [0.25, 0.3) is 9.96 Å². The van der Waals surface area contributed by atoms with Gasteiger partial charge in [-0.1, -0.05) is 34.0 Å². The predicted octanol–water partition coefficient (Wildman–Crippen LogP) is 1.02. The van der Waals surface area contributed by atoms with Gasteiger partial charge in [-0.2, -0.15) is 0 Å². The largest absolute Gasteiger partial charge is 0.477 e. The number of carboxylic acid groups (broad SMARTS) is 1. The van der Waals surface area contributed by atoms with Crippen LogP contribution in [0.2, 0.25) is 0 Å². The van der Waals surface area contributed by atoms with Crippen molar-refractivity contribution in [3.63, 3.8) is 0 Å². The highest BCUT2D eigenvalue weighted by Crippen LogP contribution is 2.44. The minimum Gasteiger partial charge on any atom is -0.477 e. The highest BCUT2D eigenvalue weighted by molar-refractivity contribution is 8.00. The number of anilines is 1. The van der Waals surface area contributed by atoms with Crippen LogP contribution in [0.25, 0.3) is 5.57 Å². The van der Waals surface area contributed by atoms with Crippen molar-refractivity contribution >= 4 is 80.2 Å². The Bertz CT molecular complexity index is 1180. The Balaban J connectivity index is 1.52. The molecule has 0 radical (unpaired) electrons. The summed E-state index contributed by atoms with van der Waals surface area (Å²) in [7, 11) is 0. The zero-order valence-electron chi connectivity index (χ0n) is 15.7. The van der Waals surface area contributed by atoms with Crippen LogP contribution in [0.3, 0.4) is 0 Å². The number of rotatable bonds is 6. The molecule has 2 aromatic rings. The molecule has 10 nitrogen and oxygen atoms in total. The van der Waals surface area contributed by atoms with Crippen LogP contribution in [-0.4, -0.2) is 55.8 Å². The number of carbonyl (C=O) groups is 4. The van der Waals surface area contributed by atoms with Gasteiger partial charge in [0.2, 0.25) is 11.8 Å². The molecule has 0 saturated carbocycles. The number of nitrogens with zero attached hydrogens (tertiary/aromatic N) is 2. The van der Waals surface area contributed by atoms with Crippen LogP contribution in [0.1, 0.15) is 16.7 Å². The van der Waals surface area contributed by atoms with Gasteiger partial charge in [0, 0.05) is 34.7 Å². The summed E-state index contributed by atoms with van der Waals surface area (Å²) >= 11 is 4.46. The molecule has 2 unspecified atom stereocenters. The molecular weight excluding hydrogens is 484 g/mol. The number of amides is 3. The van der Waals surface area contributed by atoms with E-state index in [2.05, 4.69) is 15.6 Å². The number of carbonyl (C=O) groups excluding carboxylic acids is 3. The van der Waals surface area contributed by atoms with Crippen molar-refractivity contribution in [3.8, 4) is 0 Å². The molecule has 4 heterocycles. The Morgan fingerprint density at radius 3 is 2.71 bits per heavy atom. The second-order valence-electron chi connectivity index (χ2n) is 6.53. The van der Waals surface area contributed by atoms with Crippen molar-refractivity contribution in [1.82, 2.24) is 15.2 Å². The molecule has 4 rings (SSSR count). The van der Waals surface area contributed by atoms with Crippen molar-refractivity contribution < 1.29 is 24.3 Å². The number of nitrogens with one attached hydrogen (secondary N) is 2. The molecule has 2 aliphatic rings. The van der Waals surface area contributed by atoms with E-state index >= 15 is 0 Å². The van der Waals surface area contributed by atoms with E-state index in [1.54, 1.807) is 5.38 Å². The SMILES string of the molecule is CC(=O)Nc1ncc(C2=C(C(=O)O)N3C(=O)C(NC(=O)Cc4csc(=O)s4)C3SC2)s1. The first kappa shape index (κ1) is 21.7. The quantitative estimate of drug-likeness (QED) is 0.501. The lowest BCUT2D eigenvalue weighted by atomic mass is 10.0. The minimum atomic E-state index is -1.25. The van der Waals surface area contributed by atoms with Gasteiger partial charge in [0.15, 0.2) is 5.13 Å². The average molecular weight is 499 g/mol. The third kappa shape index (κ3) is 4.28. The van der Waals surface area contributed by atoms with Gasteiger partial charge in [-0.3, -0.25) is 24.1 Å². The molecule has 1 saturated heterocycles. The number of thiazole rings is 1. The maximum Gasteiger partial charge on any atom is 0.353 e. The van der Waals surface area contributed by atoms with E-state index in [1.807, 2.05) is 0 Å². The molecule has 0 aliphatic carbocycles. The van der Waals surface area contributed by atoms with Crippen LogP contribution in [-0.2, 0) is 25.6 Å². The lowest BCUT2D eigenvalue weighted by Gasteiger charge is -2.49. The number of carboxylic acids is 1.